The number of rotatable bonds is 5. The van der Waals surface area contributed by atoms with Crippen LogP contribution in [0.15, 0.2) is 0 Å². The van der Waals surface area contributed by atoms with Crippen molar-refractivity contribution in [3.05, 3.63) is 0 Å². The van der Waals surface area contributed by atoms with Gasteiger partial charge in [-0.2, -0.15) is 0 Å². The van der Waals surface area contributed by atoms with Crippen molar-refractivity contribution >= 4 is 0 Å². The van der Waals surface area contributed by atoms with Crippen molar-refractivity contribution in [1.29, 1.82) is 0 Å². The average molecular weight is 254 g/mol. The summed E-state index contributed by atoms with van der Waals surface area (Å²) >= 11 is 0. The maximum atomic E-state index is 5.41. The van der Waals surface area contributed by atoms with Gasteiger partial charge in [0.25, 0.3) is 0 Å². The van der Waals surface area contributed by atoms with E-state index in [2.05, 4.69) is 24.1 Å². The van der Waals surface area contributed by atoms with E-state index in [4.69, 9.17) is 4.74 Å². The first-order chi connectivity index (χ1) is 8.77. The van der Waals surface area contributed by atoms with Crippen LogP contribution in [0.25, 0.3) is 0 Å². The highest BCUT2D eigenvalue weighted by atomic mass is 16.5. The molecule has 2 atom stereocenters. The predicted octanol–water partition coefficient (Wildman–Crippen LogP) is 2.27. The molecule has 2 aliphatic heterocycles. The molecule has 0 aliphatic carbocycles. The second-order valence-electron chi connectivity index (χ2n) is 6.15. The standard InChI is InChI=1S/C15H30N2O/c1-13-11-16-12-14(2)17(13)8-4-3-5-15-6-9-18-10-7-15/h13-16H,3-12H2,1-2H3. The van der Waals surface area contributed by atoms with E-state index in [1.54, 1.807) is 0 Å². The molecule has 18 heavy (non-hydrogen) atoms. The first kappa shape index (κ1) is 14.3. The summed E-state index contributed by atoms with van der Waals surface area (Å²) in [6.07, 6.45) is 6.76. The summed E-state index contributed by atoms with van der Waals surface area (Å²) in [5.41, 5.74) is 0. The van der Waals surface area contributed by atoms with E-state index in [-0.39, 0.29) is 0 Å². The van der Waals surface area contributed by atoms with Crippen LogP contribution in [0.3, 0.4) is 0 Å². The van der Waals surface area contributed by atoms with Gasteiger partial charge in [-0.3, -0.25) is 4.90 Å². The quantitative estimate of drug-likeness (QED) is 0.762. The highest BCUT2D eigenvalue weighted by Gasteiger charge is 2.23. The molecule has 2 unspecified atom stereocenters. The fourth-order valence-corrected chi connectivity index (χ4v) is 3.37. The molecule has 1 N–H and O–H groups in total. The van der Waals surface area contributed by atoms with Crippen LogP contribution in [-0.4, -0.2) is 49.8 Å². The zero-order valence-corrected chi connectivity index (χ0v) is 12.2. The van der Waals surface area contributed by atoms with Gasteiger partial charge in [0, 0.05) is 38.4 Å². The monoisotopic (exact) mass is 254 g/mol. The van der Waals surface area contributed by atoms with Crippen molar-refractivity contribution in [3.8, 4) is 0 Å². The van der Waals surface area contributed by atoms with E-state index in [1.807, 2.05) is 0 Å². The van der Waals surface area contributed by atoms with Gasteiger partial charge in [-0.15, -0.1) is 0 Å². The largest absolute Gasteiger partial charge is 0.381 e. The molecule has 2 rings (SSSR count). The smallest absolute Gasteiger partial charge is 0.0468 e. The zero-order valence-electron chi connectivity index (χ0n) is 12.2. The summed E-state index contributed by atoms with van der Waals surface area (Å²) < 4.78 is 5.41. The molecule has 0 bridgehead atoms. The van der Waals surface area contributed by atoms with E-state index < -0.39 is 0 Å². The average Bonchev–Trinajstić information content (AvgIpc) is 2.38. The van der Waals surface area contributed by atoms with Gasteiger partial charge >= 0.3 is 0 Å². The maximum Gasteiger partial charge on any atom is 0.0468 e. The Morgan fingerprint density at radius 1 is 1.06 bits per heavy atom. The first-order valence-corrected chi connectivity index (χ1v) is 7.81. The lowest BCUT2D eigenvalue weighted by atomic mass is 9.94. The summed E-state index contributed by atoms with van der Waals surface area (Å²) in [5, 5.41) is 3.50. The number of ether oxygens (including phenoxy) is 1. The third-order valence-corrected chi connectivity index (χ3v) is 4.63. The van der Waals surface area contributed by atoms with Gasteiger partial charge in [0.15, 0.2) is 0 Å². The number of nitrogens with zero attached hydrogens (tertiary/aromatic N) is 1. The third-order valence-electron chi connectivity index (χ3n) is 4.63. The highest BCUT2D eigenvalue weighted by Crippen LogP contribution is 2.21. The van der Waals surface area contributed by atoms with Gasteiger partial charge in [-0.25, -0.2) is 0 Å². The fourth-order valence-electron chi connectivity index (χ4n) is 3.37. The molecule has 0 amide bonds. The molecule has 2 aliphatic rings. The van der Waals surface area contributed by atoms with Crippen molar-refractivity contribution in [2.45, 2.75) is 58.0 Å². The van der Waals surface area contributed by atoms with Gasteiger partial charge in [0.05, 0.1) is 0 Å². The molecule has 0 aromatic heterocycles. The summed E-state index contributed by atoms with van der Waals surface area (Å²) in [6, 6.07) is 1.41. The van der Waals surface area contributed by atoms with Crippen LogP contribution in [0, 0.1) is 5.92 Å². The Kier molecular flexibility index (Phi) is 5.93. The second kappa shape index (κ2) is 7.46. The van der Waals surface area contributed by atoms with Crippen molar-refractivity contribution in [2.75, 3.05) is 32.8 Å². The molecule has 2 saturated heterocycles. The van der Waals surface area contributed by atoms with E-state index in [0.717, 1.165) is 32.2 Å². The van der Waals surface area contributed by atoms with Crippen molar-refractivity contribution < 1.29 is 4.74 Å². The van der Waals surface area contributed by atoms with Crippen LogP contribution < -0.4 is 5.32 Å². The molecule has 0 radical (unpaired) electrons. The van der Waals surface area contributed by atoms with Gasteiger partial charge < -0.3 is 10.1 Å². The van der Waals surface area contributed by atoms with Crippen molar-refractivity contribution in [1.82, 2.24) is 10.2 Å². The minimum absolute atomic E-state index is 0.705. The molecule has 0 spiro atoms. The molecule has 2 fully saturated rings. The Hall–Kier alpha value is -0.120. The van der Waals surface area contributed by atoms with Gasteiger partial charge in [-0.05, 0) is 45.6 Å². The van der Waals surface area contributed by atoms with Crippen LogP contribution in [0.1, 0.15) is 46.0 Å². The lowest BCUT2D eigenvalue weighted by Gasteiger charge is -2.39. The van der Waals surface area contributed by atoms with Crippen molar-refractivity contribution in [2.24, 2.45) is 5.92 Å². The summed E-state index contributed by atoms with van der Waals surface area (Å²) in [6.45, 7) is 10.3. The molecule has 0 aromatic carbocycles. The van der Waals surface area contributed by atoms with E-state index in [0.29, 0.717) is 12.1 Å². The lowest BCUT2D eigenvalue weighted by Crippen LogP contribution is -2.55. The Morgan fingerprint density at radius 3 is 2.39 bits per heavy atom. The number of nitrogens with one attached hydrogen (secondary N) is 1. The third kappa shape index (κ3) is 4.22. The maximum absolute atomic E-state index is 5.41. The molecular formula is C15H30N2O. The first-order valence-electron chi connectivity index (χ1n) is 7.81. The number of piperazine rings is 1. The van der Waals surface area contributed by atoms with Crippen LogP contribution in [0.5, 0.6) is 0 Å². The van der Waals surface area contributed by atoms with Crippen molar-refractivity contribution in [3.63, 3.8) is 0 Å². The summed E-state index contributed by atoms with van der Waals surface area (Å²) in [7, 11) is 0. The van der Waals surface area contributed by atoms with Crippen LogP contribution in [-0.2, 0) is 4.74 Å². The molecule has 0 saturated carbocycles. The van der Waals surface area contributed by atoms with Gasteiger partial charge in [-0.1, -0.05) is 12.8 Å². The Labute approximate surface area is 112 Å². The molecular weight excluding hydrogens is 224 g/mol. The zero-order chi connectivity index (χ0) is 12.8. The summed E-state index contributed by atoms with van der Waals surface area (Å²) in [5.74, 6) is 0.941. The minimum atomic E-state index is 0.705. The molecule has 3 heteroatoms. The topological polar surface area (TPSA) is 24.5 Å². The Bertz CT molecular complexity index is 219. The highest BCUT2D eigenvalue weighted by molar-refractivity contribution is 4.82. The lowest BCUT2D eigenvalue weighted by molar-refractivity contribution is 0.0620. The second-order valence-corrected chi connectivity index (χ2v) is 6.15. The Balaban J connectivity index is 1.59. The molecule has 106 valence electrons. The minimum Gasteiger partial charge on any atom is -0.381 e. The summed E-state index contributed by atoms with van der Waals surface area (Å²) in [4.78, 5) is 2.68. The van der Waals surface area contributed by atoms with Gasteiger partial charge in [0.2, 0.25) is 0 Å². The molecule has 2 heterocycles. The van der Waals surface area contributed by atoms with E-state index in [9.17, 15) is 0 Å². The SMILES string of the molecule is CC1CNCC(C)N1CCCCC1CCOCC1. The van der Waals surface area contributed by atoms with Crippen LogP contribution in [0.2, 0.25) is 0 Å². The fraction of sp³-hybridized carbons (Fsp3) is 1.00. The van der Waals surface area contributed by atoms with E-state index in [1.165, 1.54) is 38.6 Å². The normalized spacial score (nSPS) is 31.7. The Morgan fingerprint density at radius 2 is 1.72 bits per heavy atom. The number of hydrogen-bond donors (Lipinski definition) is 1. The van der Waals surface area contributed by atoms with Crippen LogP contribution >= 0.6 is 0 Å². The van der Waals surface area contributed by atoms with E-state index >= 15 is 0 Å². The van der Waals surface area contributed by atoms with Crippen LogP contribution in [0.4, 0.5) is 0 Å². The number of unbranched alkanes of at least 4 members (excludes halogenated alkanes) is 1. The molecule has 3 nitrogen and oxygen atoms in total. The predicted molar refractivity (Wildman–Crippen MR) is 75.9 cm³/mol. The number of hydrogen-bond acceptors (Lipinski definition) is 3. The molecule has 0 aromatic rings. The van der Waals surface area contributed by atoms with Gasteiger partial charge in [0.1, 0.15) is 0 Å².